The number of nitrogens with zero attached hydrogens (tertiary/aromatic N) is 4. The van der Waals surface area contributed by atoms with Gasteiger partial charge in [-0.1, -0.05) is 160 Å². The molecule has 0 bridgehead atoms. The smallest absolute Gasteiger partial charge is 0.137 e. The van der Waals surface area contributed by atoms with Crippen LogP contribution in [0.3, 0.4) is 0 Å². The summed E-state index contributed by atoms with van der Waals surface area (Å²) in [5, 5.41) is 2.32. The van der Waals surface area contributed by atoms with Crippen molar-refractivity contribution >= 4 is 44.6 Å². The van der Waals surface area contributed by atoms with E-state index in [1.54, 1.807) is 0 Å². The van der Waals surface area contributed by atoms with Gasteiger partial charge in [0.05, 0.1) is 22.4 Å². The minimum atomic E-state index is -0.222. The Hall–Kier alpha value is -7.11. The van der Waals surface area contributed by atoms with Crippen molar-refractivity contribution in [2.24, 2.45) is 0 Å². The lowest BCUT2D eigenvalue weighted by Crippen LogP contribution is -2.24. The third-order valence-corrected chi connectivity index (χ3v) is 13.9. The van der Waals surface area contributed by atoms with E-state index in [-0.39, 0.29) is 16.2 Å². The lowest BCUT2D eigenvalue weighted by molar-refractivity contribution is 0.483. The molecule has 0 fully saturated rings. The topological polar surface area (TPSA) is 33.5 Å². The van der Waals surface area contributed by atoms with Gasteiger partial charge in [-0.25, -0.2) is 4.98 Å². The van der Waals surface area contributed by atoms with Crippen molar-refractivity contribution in [1.29, 1.82) is 0 Å². The molecule has 0 N–H and O–H groups in total. The Labute approximate surface area is 397 Å². The fourth-order valence-corrected chi connectivity index (χ4v) is 9.87. The molecule has 1 aliphatic rings. The summed E-state index contributed by atoms with van der Waals surface area (Å²) in [6.45, 7) is 23.5. The standard InChI is InChI=1S/C62H62N4O/c1-41(2)51-23-14-15-24-52(51)42-33-48(65-40-64(47-22-18-21-44(35-47)60(3,4)5)56-30-27-45(36-58(56)65)61(6,7)8)38-50(34-42)67-49-28-29-54-53-25-16-17-26-55(53)66(57(54)39-49)59-37-46(31-32-63-59)62(9,10)43-19-12-11-13-20-43/h11-39,41H,40H2,1-10H3. The molecule has 0 saturated carbocycles. The van der Waals surface area contributed by atoms with Crippen LogP contribution in [0.1, 0.15) is 103 Å². The number of hydrogen-bond donors (Lipinski definition) is 0. The molecule has 0 unspecified atom stereocenters. The van der Waals surface area contributed by atoms with Gasteiger partial charge in [0.15, 0.2) is 0 Å². The summed E-state index contributed by atoms with van der Waals surface area (Å²) >= 11 is 0. The maximum atomic E-state index is 7.13. The van der Waals surface area contributed by atoms with Crippen molar-refractivity contribution in [3.8, 4) is 28.4 Å². The molecule has 10 rings (SSSR count). The van der Waals surface area contributed by atoms with Gasteiger partial charge in [0.2, 0.25) is 0 Å². The average molecular weight is 879 g/mol. The number of ether oxygens (including phenoxy) is 1. The molecular weight excluding hydrogens is 817 g/mol. The summed E-state index contributed by atoms with van der Waals surface area (Å²) in [7, 11) is 0. The van der Waals surface area contributed by atoms with Crippen LogP contribution in [0.4, 0.5) is 22.7 Å². The molecule has 9 aromatic rings. The molecule has 2 aromatic heterocycles. The fraction of sp³-hybridized carbons (Fsp3) is 0.242. The maximum absolute atomic E-state index is 7.13. The normalized spacial score (nSPS) is 13.2. The second kappa shape index (κ2) is 16.6. The molecule has 0 radical (unpaired) electrons. The molecular formula is C62H62N4O. The summed E-state index contributed by atoms with van der Waals surface area (Å²) in [6.07, 6.45) is 1.95. The third kappa shape index (κ3) is 8.15. The fourth-order valence-electron chi connectivity index (χ4n) is 9.87. The van der Waals surface area contributed by atoms with Crippen molar-refractivity contribution in [3.05, 3.63) is 204 Å². The number of pyridine rings is 1. The van der Waals surface area contributed by atoms with Gasteiger partial charge in [-0.2, -0.15) is 0 Å². The minimum Gasteiger partial charge on any atom is -0.457 e. The van der Waals surface area contributed by atoms with Crippen LogP contribution in [0.25, 0.3) is 38.8 Å². The summed E-state index contributed by atoms with van der Waals surface area (Å²) in [6, 6.07) is 61.9. The van der Waals surface area contributed by atoms with E-state index in [1.807, 2.05) is 6.20 Å². The highest BCUT2D eigenvalue weighted by Crippen LogP contribution is 2.49. The van der Waals surface area contributed by atoms with Gasteiger partial charge in [0.1, 0.15) is 24.0 Å². The number of aromatic nitrogens is 2. The van der Waals surface area contributed by atoms with E-state index in [4.69, 9.17) is 9.72 Å². The Bertz CT molecular complexity index is 3290. The zero-order valence-electron chi connectivity index (χ0n) is 40.7. The number of fused-ring (bicyclic) bond motifs is 4. The van der Waals surface area contributed by atoms with Crippen LogP contribution in [0.2, 0.25) is 0 Å². The van der Waals surface area contributed by atoms with Crippen molar-refractivity contribution in [2.75, 3.05) is 16.5 Å². The van der Waals surface area contributed by atoms with Gasteiger partial charge in [-0.05, 0) is 122 Å². The van der Waals surface area contributed by atoms with Crippen LogP contribution in [-0.2, 0) is 16.2 Å². The first kappa shape index (κ1) is 43.8. The van der Waals surface area contributed by atoms with E-state index in [9.17, 15) is 0 Å². The molecule has 0 aliphatic carbocycles. The zero-order chi connectivity index (χ0) is 46.8. The van der Waals surface area contributed by atoms with Gasteiger partial charge in [-0.15, -0.1) is 0 Å². The largest absolute Gasteiger partial charge is 0.457 e. The first-order valence-electron chi connectivity index (χ1n) is 23.8. The summed E-state index contributed by atoms with van der Waals surface area (Å²) in [4.78, 5) is 9.96. The number of benzene rings is 7. The molecule has 0 saturated heterocycles. The molecule has 5 heteroatoms. The van der Waals surface area contributed by atoms with Crippen LogP contribution < -0.4 is 14.5 Å². The van der Waals surface area contributed by atoms with E-state index < -0.39 is 0 Å². The molecule has 1 aliphatic heterocycles. The lowest BCUT2D eigenvalue weighted by atomic mass is 9.78. The van der Waals surface area contributed by atoms with Crippen LogP contribution in [0.5, 0.6) is 11.5 Å². The number of para-hydroxylation sites is 1. The summed E-state index contributed by atoms with van der Waals surface area (Å²) < 4.78 is 9.42. The number of rotatable bonds is 9. The zero-order valence-corrected chi connectivity index (χ0v) is 40.7. The average Bonchev–Trinajstić information content (AvgIpc) is 3.87. The maximum Gasteiger partial charge on any atom is 0.137 e. The van der Waals surface area contributed by atoms with E-state index in [0.717, 1.165) is 45.0 Å². The van der Waals surface area contributed by atoms with Gasteiger partial charge in [0, 0.05) is 45.9 Å². The lowest BCUT2D eigenvalue weighted by Gasteiger charge is -2.26. The highest BCUT2D eigenvalue weighted by atomic mass is 16.5. The Kier molecular flexibility index (Phi) is 10.9. The predicted octanol–water partition coefficient (Wildman–Crippen LogP) is 16.9. The van der Waals surface area contributed by atoms with E-state index in [2.05, 4.69) is 253 Å². The number of anilines is 4. The van der Waals surface area contributed by atoms with E-state index in [0.29, 0.717) is 12.6 Å². The molecule has 336 valence electrons. The second-order valence-corrected chi connectivity index (χ2v) is 21.2. The minimum absolute atomic E-state index is 0.0237. The first-order chi connectivity index (χ1) is 32.0. The monoisotopic (exact) mass is 878 g/mol. The molecule has 0 atom stereocenters. The molecule has 67 heavy (non-hydrogen) atoms. The van der Waals surface area contributed by atoms with Gasteiger partial charge in [0.25, 0.3) is 0 Å². The van der Waals surface area contributed by atoms with Crippen LogP contribution >= 0.6 is 0 Å². The molecule has 7 aromatic carbocycles. The summed E-state index contributed by atoms with van der Waals surface area (Å²) in [5.74, 6) is 2.75. The third-order valence-electron chi connectivity index (χ3n) is 13.9. The quantitative estimate of drug-likeness (QED) is 0.145. The van der Waals surface area contributed by atoms with Crippen molar-refractivity contribution in [1.82, 2.24) is 9.55 Å². The molecule has 0 amide bonds. The predicted molar refractivity (Wildman–Crippen MR) is 283 cm³/mol. The van der Waals surface area contributed by atoms with Crippen molar-refractivity contribution in [3.63, 3.8) is 0 Å². The van der Waals surface area contributed by atoms with Crippen molar-refractivity contribution < 1.29 is 4.74 Å². The Morgan fingerprint density at radius 3 is 1.96 bits per heavy atom. The van der Waals surface area contributed by atoms with Crippen LogP contribution in [0, 0.1) is 0 Å². The molecule has 0 spiro atoms. The highest BCUT2D eigenvalue weighted by Gasteiger charge is 2.32. The van der Waals surface area contributed by atoms with Crippen molar-refractivity contribution in [2.45, 2.75) is 91.4 Å². The number of hydrogen-bond acceptors (Lipinski definition) is 4. The highest BCUT2D eigenvalue weighted by molar-refractivity contribution is 6.09. The SMILES string of the molecule is CC(C)c1ccccc1-c1cc(Oc2ccc3c4ccccc4n(-c4cc(C(C)(C)c5ccccc5)ccn4)c3c2)cc(N2CN(c3cccc(C(C)(C)C)c3)c3ccc(C(C)(C)C)cc32)c1. The first-order valence-corrected chi connectivity index (χ1v) is 23.8. The Morgan fingerprint density at radius 2 is 1.18 bits per heavy atom. The second-order valence-electron chi connectivity index (χ2n) is 21.2. The summed E-state index contributed by atoms with van der Waals surface area (Å²) in [5.41, 5.74) is 15.3. The van der Waals surface area contributed by atoms with Crippen LogP contribution in [0.15, 0.2) is 176 Å². The Morgan fingerprint density at radius 1 is 0.493 bits per heavy atom. The van der Waals surface area contributed by atoms with E-state index >= 15 is 0 Å². The van der Waals surface area contributed by atoms with Gasteiger partial charge in [-0.3, -0.25) is 4.57 Å². The molecule has 3 heterocycles. The van der Waals surface area contributed by atoms with E-state index in [1.165, 1.54) is 55.8 Å². The van der Waals surface area contributed by atoms with Crippen LogP contribution in [-0.4, -0.2) is 16.2 Å². The van der Waals surface area contributed by atoms with Gasteiger partial charge >= 0.3 is 0 Å². The van der Waals surface area contributed by atoms with Gasteiger partial charge < -0.3 is 14.5 Å². The Balaban J connectivity index is 1.11. The molecule has 5 nitrogen and oxygen atoms in total.